The molecular weight excluding hydrogens is 290 g/mol. The van der Waals surface area contributed by atoms with Crippen molar-refractivity contribution in [1.29, 1.82) is 0 Å². The molecule has 126 valence electrons. The van der Waals surface area contributed by atoms with Crippen molar-refractivity contribution >= 4 is 0 Å². The Balaban J connectivity index is 1.62. The van der Waals surface area contributed by atoms with E-state index in [4.69, 9.17) is 0 Å². The molecule has 3 heterocycles. The van der Waals surface area contributed by atoms with E-state index in [1.54, 1.807) is 0 Å². The fourth-order valence-corrected chi connectivity index (χ4v) is 3.34. The second kappa shape index (κ2) is 7.23. The summed E-state index contributed by atoms with van der Waals surface area (Å²) in [5.41, 5.74) is 0. The van der Waals surface area contributed by atoms with E-state index < -0.39 is 0 Å². The number of imidazole rings is 1. The maximum Gasteiger partial charge on any atom is 0.147 e. The Hall–Kier alpha value is -1.73. The van der Waals surface area contributed by atoms with Crippen molar-refractivity contribution < 1.29 is 0 Å². The van der Waals surface area contributed by atoms with Gasteiger partial charge in [-0.15, -0.1) is 10.2 Å². The molecule has 1 saturated heterocycles. The summed E-state index contributed by atoms with van der Waals surface area (Å²) in [7, 11) is 4.14. The minimum Gasteiger partial charge on any atom is -0.348 e. The SMILES string of the molecule is CCn1c(CN(C)C)nnc1C1CCN(Cc2ncc[nH]2)CC1. The Kier molecular flexibility index (Phi) is 5.07. The number of piperidine rings is 1. The van der Waals surface area contributed by atoms with Crippen molar-refractivity contribution in [3.63, 3.8) is 0 Å². The van der Waals surface area contributed by atoms with Crippen molar-refractivity contribution in [3.05, 3.63) is 29.9 Å². The van der Waals surface area contributed by atoms with Crippen LogP contribution >= 0.6 is 0 Å². The van der Waals surface area contributed by atoms with E-state index in [1.165, 1.54) is 5.82 Å². The van der Waals surface area contributed by atoms with Gasteiger partial charge in [-0.25, -0.2) is 4.98 Å². The highest BCUT2D eigenvalue weighted by Crippen LogP contribution is 2.28. The first-order valence-electron chi connectivity index (χ1n) is 8.44. The minimum atomic E-state index is 0.520. The predicted molar refractivity (Wildman–Crippen MR) is 88.9 cm³/mol. The van der Waals surface area contributed by atoms with Crippen LogP contribution in [0.25, 0.3) is 0 Å². The van der Waals surface area contributed by atoms with E-state index >= 15 is 0 Å². The van der Waals surface area contributed by atoms with Gasteiger partial charge in [-0.2, -0.15) is 0 Å². The molecule has 0 bridgehead atoms. The van der Waals surface area contributed by atoms with Crippen LogP contribution in [0.4, 0.5) is 0 Å². The van der Waals surface area contributed by atoms with Crippen molar-refractivity contribution in [1.82, 2.24) is 34.5 Å². The van der Waals surface area contributed by atoms with Gasteiger partial charge in [0, 0.05) is 24.9 Å². The summed E-state index contributed by atoms with van der Waals surface area (Å²) in [6, 6.07) is 0. The predicted octanol–water partition coefficient (Wildman–Crippen LogP) is 1.46. The summed E-state index contributed by atoms with van der Waals surface area (Å²) in [6.45, 7) is 7.05. The molecule has 1 aliphatic heterocycles. The number of nitrogens with one attached hydrogen (secondary N) is 1. The van der Waals surface area contributed by atoms with Crippen LogP contribution in [0.3, 0.4) is 0 Å². The van der Waals surface area contributed by atoms with Gasteiger partial charge in [-0.1, -0.05) is 0 Å². The number of hydrogen-bond acceptors (Lipinski definition) is 5. The molecular formula is C16H27N7. The molecule has 0 saturated carbocycles. The topological polar surface area (TPSA) is 65.9 Å². The number of aromatic nitrogens is 5. The third kappa shape index (κ3) is 3.79. The fraction of sp³-hybridized carbons (Fsp3) is 0.688. The van der Waals surface area contributed by atoms with Gasteiger partial charge in [0.05, 0.1) is 13.1 Å². The van der Waals surface area contributed by atoms with E-state index in [0.717, 1.165) is 57.2 Å². The van der Waals surface area contributed by atoms with Gasteiger partial charge in [-0.3, -0.25) is 4.90 Å². The minimum absolute atomic E-state index is 0.520. The summed E-state index contributed by atoms with van der Waals surface area (Å²) >= 11 is 0. The quantitative estimate of drug-likeness (QED) is 0.874. The summed E-state index contributed by atoms with van der Waals surface area (Å²) < 4.78 is 2.30. The molecule has 0 amide bonds. The van der Waals surface area contributed by atoms with Crippen molar-refractivity contribution in [2.75, 3.05) is 27.2 Å². The lowest BCUT2D eigenvalue weighted by atomic mass is 9.96. The van der Waals surface area contributed by atoms with E-state index in [-0.39, 0.29) is 0 Å². The lowest BCUT2D eigenvalue weighted by Crippen LogP contribution is -2.33. The third-order valence-corrected chi connectivity index (χ3v) is 4.51. The first-order chi connectivity index (χ1) is 11.2. The zero-order valence-electron chi connectivity index (χ0n) is 14.4. The van der Waals surface area contributed by atoms with Crippen molar-refractivity contribution in [2.24, 2.45) is 0 Å². The highest BCUT2D eigenvalue weighted by atomic mass is 15.3. The van der Waals surface area contributed by atoms with Gasteiger partial charge in [-0.05, 0) is 47.0 Å². The highest BCUT2D eigenvalue weighted by Gasteiger charge is 2.26. The molecule has 3 rings (SSSR count). The molecule has 2 aromatic heterocycles. The molecule has 2 aromatic rings. The molecule has 0 aromatic carbocycles. The number of rotatable bonds is 6. The molecule has 23 heavy (non-hydrogen) atoms. The van der Waals surface area contributed by atoms with Gasteiger partial charge in [0.2, 0.25) is 0 Å². The maximum atomic E-state index is 4.51. The lowest BCUT2D eigenvalue weighted by molar-refractivity contribution is 0.196. The van der Waals surface area contributed by atoms with Gasteiger partial charge in [0.25, 0.3) is 0 Å². The Labute approximate surface area is 137 Å². The second-order valence-corrected chi connectivity index (χ2v) is 6.54. The van der Waals surface area contributed by atoms with Crippen LogP contribution in [0.5, 0.6) is 0 Å². The van der Waals surface area contributed by atoms with E-state index in [0.29, 0.717) is 5.92 Å². The number of nitrogens with zero attached hydrogens (tertiary/aromatic N) is 6. The van der Waals surface area contributed by atoms with Crippen molar-refractivity contribution in [2.45, 2.75) is 45.3 Å². The molecule has 1 fully saturated rings. The largest absolute Gasteiger partial charge is 0.348 e. The molecule has 7 heteroatoms. The monoisotopic (exact) mass is 317 g/mol. The zero-order valence-corrected chi connectivity index (χ0v) is 14.4. The van der Waals surface area contributed by atoms with Crippen molar-refractivity contribution in [3.8, 4) is 0 Å². The highest BCUT2D eigenvalue weighted by molar-refractivity contribution is 5.04. The normalized spacial score (nSPS) is 17.2. The van der Waals surface area contributed by atoms with E-state index in [2.05, 4.69) is 55.6 Å². The zero-order chi connectivity index (χ0) is 16.2. The molecule has 1 N–H and O–H groups in total. The smallest absolute Gasteiger partial charge is 0.147 e. The van der Waals surface area contributed by atoms with Gasteiger partial charge in [0.15, 0.2) is 0 Å². The van der Waals surface area contributed by atoms with Gasteiger partial charge in [0.1, 0.15) is 17.5 Å². The van der Waals surface area contributed by atoms with Gasteiger partial charge < -0.3 is 14.5 Å². The summed E-state index contributed by atoms with van der Waals surface area (Å²) in [5.74, 6) is 3.81. The first-order valence-corrected chi connectivity index (χ1v) is 8.44. The van der Waals surface area contributed by atoms with Crippen LogP contribution in [0.2, 0.25) is 0 Å². The third-order valence-electron chi connectivity index (χ3n) is 4.51. The Morgan fingerprint density at radius 3 is 2.65 bits per heavy atom. The van der Waals surface area contributed by atoms with Gasteiger partial charge >= 0.3 is 0 Å². The Bertz CT molecular complexity index is 594. The average molecular weight is 317 g/mol. The van der Waals surface area contributed by atoms with Crippen LogP contribution in [0.1, 0.15) is 43.2 Å². The van der Waals surface area contributed by atoms with Crippen LogP contribution < -0.4 is 0 Å². The van der Waals surface area contributed by atoms with Crippen LogP contribution in [0, 0.1) is 0 Å². The summed E-state index contributed by atoms with van der Waals surface area (Å²) in [5, 5.41) is 8.94. The second-order valence-electron chi connectivity index (χ2n) is 6.54. The molecule has 0 radical (unpaired) electrons. The van der Waals surface area contributed by atoms with E-state index in [1.807, 2.05) is 12.4 Å². The fourth-order valence-electron chi connectivity index (χ4n) is 3.34. The van der Waals surface area contributed by atoms with Crippen LogP contribution in [-0.4, -0.2) is 61.7 Å². The molecule has 0 unspecified atom stereocenters. The molecule has 0 aliphatic carbocycles. The Morgan fingerprint density at radius 1 is 1.26 bits per heavy atom. The Morgan fingerprint density at radius 2 is 2.04 bits per heavy atom. The van der Waals surface area contributed by atoms with E-state index in [9.17, 15) is 0 Å². The molecule has 0 atom stereocenters. The summed E-state index contributed by atoms with van der Waals surface area (Å²) in [6.07, 6.45) is 5.98. The van der Waals surface area contributed by atoms with Crippen LogP contribution in [-0.2, 0) is 19.6 Å². The number of aromatic amines is 1. The standard InChI is InChI=1S/C16H27N7/c1-4-23-15(12-21(2)3)19-20-16(23)13-5-9-22(10-6-13)11-14-17-7-8-18-14/h7-8,13H,4-6,9-12H2,1-3H3,(H,17,18). The number of hydrogen-bond donors (Lipinski definition) is 1. The first kappa shape index (κ1) is 16.1. The molecule has 1 aliphatic rings. The maximum absolute atomic E-state index is 4.51. The summed E-state index contributed by atoms with van der Waals surface area (Å²) in [4.78, 5) is 12.1. The molecule has 7 nitrogen and oxygen atoms in total. The molecule has 0 spiro atoms. The number of H-pyrrole nitrogens is 1. The lowest BCUT2D eigenvalue weighted by Gasteiger charge is -2.31. The average Bonchev–Trinajstić information content (AvgIpc) is 3.17. The van der Waals surface area contributed by atoms with Crippen LogP contribution in [0.15, 0.2) is 12.4 Å². The number of likely N-dealkylation sites (tertiary alicyclic amines) is 1.